The Kier molecular flexibility index (Phi) is 4.60. The molecule has 0 bridgehead atoms. The summed E-state index contributed by atoms with van der Waals surface area (Å²) >= 11 is 3.55. The van der Waals surface area contributed by atoms with E-state index in [1.54, 1.807) is 0 Å². The quantitative estimate of drug-likeness (QED) is 0.895. The van der Waals surface area contributed by atoms with E-state index in [1.165, 1.54) is 17.5 Å². The molecule has 0 spiro atoms. The molecule has 2 N–H and O–H groups in total. The first-order valence-corrected chi connectivity index (χ1v) is 7.10. The van der Waals surface area contributed by atoms with Crippen molar-refractivity contribution >= 4 is 15.9 Å². The van der Waals surface area contributed by atoms with Crippen molar-refractivity contribution in [3.05, 3.63) is 33.8 Å². The molecule has 94 valence electrons. The van der Waals surface area contributed by atoms with E-state index in [4.69, 9.17) is 0 Å². The van der Waals surface area contributed by atoms with Crippen molar-refractivity contribution < 1.29 is 5.11 Å². The minimum absolute atomic E-state index is 0.0905. The second-order valence-electron chi connectivity index (χ2n) is 4.97. The van der Waals surface area contributed by atoms with Crippen LogP contribution in [0, 0.1) is 12.8 Å². The Labute approximate surface area is 112 Å². The largest absolute Gasteiger partial charge is 0.393 e. The number of nitrogens with one attached hydrogen (secondary N) is 1. The molecule has 2 unspecified atom stereocenters. The van der Waals surface area contributed by atoms with E-state index in [1.807, 2.05) is 0 Å². The molecule has 1 aromatic carbocycles. The van der Waals surface area contributed by atoms with Gasteiger partial charge in [-0.05, 0) is 42.9 Å². The van der Waals surface area contributed by atoms with E-state index >= 15 is 0 Å². The Hall–Kier alpha value is -0.380. The maximum atomic E-state index is 9.72. The second-order valence-corrected chi connectivity index (χ2v) is 5.83. The van der Waals surface area contributed by atoms with Crippen LogP contribution in [0.5, 0.6) is 0 Å². The average molecular weight is 298 g/mol. The summed E-state index contributed by atoms with van der Waals surface area (Å²) < 4.78 is 1.16. The zero-order chi connectivity index (χ0) is 12.3. The van der Waals surface area contributed by atoms with Crippen molar-refractivity contribution in [1.82, 2.24) is 5.32 Å². The van der Waals surface area contributed by atoms with E-state index in [0.29, 0.717) is 5.92 Å². The third-order valence-corrected chi connectivity index (χ3v) is 4.45. The second kappa shape index (κ2) is 5.98. The number of rotatable bonds is 4. The SMILES string of the molecule is Cc1ccc(CNCC2CCCC2O)cc1Br. The topological polar surface area (TPSA) is 32.3 Å². The van der Waals surface area contributed by atoms with Crippen LogP contribution in [-0.4, -0.2) is 17.8 Å². The first kappa shape index (κ1) is 13.1. The van der Waals surface area contributed by atoms with Gasteiger partial charge in [-0.1, -0.05) is 34.5 Å². The Balaban J connectivity index is 1.79. The van der Waals surface area contributed by atoms with Crippen LogP contribution in [0.2, 0.25) is 0 Å². The average Bonchev–Trinajstić information content (AvgIpc) is 2.70. The van der Waals surface area contributed by atoms with Crippen LogP contribution in [0.4, 0.5) is 0 Å². The van der Waals surface area contributed by atoms with Crippen LogP contribution in [0.15, 0.2) is 22.7 Å². The van der Waals surface area contributed by atoms with Crippen molar-refractivity contribution in [1.29, 1.82) is 0 Å². The fourth-order valence-electron chi connectivity index (χ4n) is 2.40. The zero-order valence-corrected chi connectivity index (χ0v) is 11.8. The first-order valence-electron chi connectivity index (χ1n) is 6.30. The van der Waals surface area contributed by atoms with Gasteiger partial charge in [0.15, 0.2) is 0 Å². The van der Waals surface area contributed by atoms with E-state index < -0.39 is 0 Å². The van der Waals surface area contributed by atoms with Crippen molar-refractivity contribution in [2.45, 2.75) is 38.8 Å². The van der Waals surface area contributed by atoms with Crippen LogP contribution in [0.1, 0.15) is 30.4 Å². The van der Waals surface area contributed by atoms with Gasteiger partial charge in [0.2, 0.25) is 0 Å². The molecule has 17 heavy (non-hydrogen) atoms. The van der Waals surface area contributed by atoms with Gasteiger partial charge < -0.3 is 10.4 Å². The molecule has 0 aliphatic heterocycles. The molecule has 3 heteroatoms. The highest BCUT2D eigenvalue weighted by atomic mass is 79.9. The Morgan fingerprint density at radius 3 is 2.88 bits per heavy atom. The summed E-state index contributed by atoms with van der Waals surface area (Å²) in [6, 6.07) is 6.44. The highest BCUT2D eigenvalue weighted by Gasteiger charge is 2.24. The molecule has 1 aliphatic rings. The predicted molar refractivity (Wildman–Crippen MR) is 73.9 cm³/mol. The van der Waals surface area contributed by atoms with Gasteiger partial charge in [0.05, 0.1) is 6.10 Å². The van der Waals surface area contributed by atoms with Crippen LogP contribution >= 0.6 is 15.9 Å². The monoisotopic (exact) mass is 297 g/mol. The van der Waals surface area contributed by atoms with Crippen LogP contribution in [0.3, 0.4) is 0 Å². The van der Waals surface area contributed by atoms with E-state index in [9.17, 15) is 5.11 Å². The molecular formula is C14H20BrNO. The standard InChI is InChI=1S/C14H20BrNO/c1-10-5-6-11(7-13(10)15)8-16-9-12-3-2-4-14(12)17/h5-7,12,14,16-17H,2-4,8-9H2,1H3. The summed E-state index contributed by atoms with van der Waals surface area (Å²) in [7, 11) is 0. The molecule has 2 atom stereocenters. The molecule has 2 nitrogen and oxygen atoms in total. The highest BCUT2D eigenvalue weighted by Crippen LogP contribution is 2.24. The number of hydrogen-bond acceptors (Lipinski definition) is 2. The predicted octanol–water partition coefficient (Wildman–Crippen LogP) is 3.01. The van der Waals surface area contributed by atoms with Gasteiger partial charge in [0.25, 0.3) is 0 Å². The number of benzene rings is 1. The van der Waals surface area contributed by atoms with Gasteiger partial charge in [-0.15, -0.1) is 0 Å². The Bertz CT molecular complexity index is 380. The molecule has 0 saturated heterocycles. The number of aryl methyl sites for hydroxylation is 1. The molecule has 2 rings (SSSR count). The van der Waals surface area contributed by atoms with Crippen LogP contribution in [0.25, 0.3) is 0 Å². The number of halogens is 1. The minimum atomic E-state index is -0.0905. The van der Waals surface area contributed by atoms with Crippen molar-refractivity contribution in [3.8, 4) is 0 Å². The summed E-state index contributed by atoms with van der Waals surface area (Å²) in [5.74, 6) is 0.448. The van der Waals surface area contributed by atoms with Gasteiger partial charge in [0, 0.05) is 17.6 Å². The molecular weight excluding hydrogens is 278 g/mol. The molecule has 1 aromatic rings. The fraction of sp³-hybridized carbons (Fsp3) is 0.571. The fourth-order valence-corrected chi connectivity index (χ4v) is 2.83. The first-order chi connectivity index (χ1) is 8.16. The summed E-state index contributed by atoms with van der Waals surface area (Å²) in [5.41, 5.74) is 2.55. The zero-order valence-electron chi connectivity index (χ0n) is 10.2. The molecule has 1 aliphatic carbocycles. The van der Waals surface area contributed by atoms with Gasteiger partial charge in [-0.2, -0.15) is 0 Å². The van der Waals surface area contributed by atoms with Crippen molar-refractivity contribution in [3.63, 3.8) is 0 Å². The lowest BCUT2D eigenvalue weighted by atomic mass is 10.1. The minimum Gasteiger partial charge on any atom is -0.393 e. The molecule has 0 aromatic heterocycles. The molecule has 0 amide bonds. The maximum Gasteiger partial charge on any atom is 0.0580 e. The van der Waals surface area contributed by atoms with Crippen LogP contribution < -0.4 is 5.32 Å². The summed E-state index contributed by atoms with van der Waals surface area (Å²) in [5, 5.41) is 13.2. The summed E-state index contributed by atoms with van der Waals surface area (Å²) in [6.45, 7) is 3.89. The number of hydrogen-bond donors (Lipinski definition) is 2. The van der Waals surface area contributed by atoms with Crippen molar-refractivity contribution in [2.24, 2.45) is 5.92 Å². The molecule has 1 fully saturated rings. The smallest absolute Gasteiger partial charge is 0.0580 e. The van der Waals surface area contributed by atoms with Crippen molar-refractivity contribution in [2.75, 3.05) is 6.54 Å². The lowest BCUT2D eigenvalue weighted by Gasteiger charge is -2.15. The van der Waals surface area contributed by atoms with E-state index in [2.05, 4.69) is 46.4 Å². The molecule has 0 radical (unpaired) electrons. The number of aliphatic hydroxyl groups is 1. The highest BCUT2D eigenvalue weighted by molar-refractivity contribution is 9.10. The normalized spacial score (nSPS) is 24.2. The lowest BCUT2D eigenvalue weighted by molar-refractivity contribution is 0.131. The van der Waals surface area contributed by atoms with Gasteiger partial charge in [-0.25, -0.2) is 0 Å². The Morgan fingerprint density at radius 1 is 1.41 bits per heavy atom. The third kappa shape index (κ3) is 3.54. The lowest BCUT2D eigenvalue weighted by Crippen LogP contribution is -2.27. The summed E-state index contributed by atoms with van der Waals surface area (Å²) in [6.07, 6.45) is 3.21. The third-order valence-electron chi connectivity index (χ3n) is 3.59. The van der Waals surface area contributed by atoms with Gasteiger partial charge in [-0.3, -0.25) is 0 Å². The van der Waals surface area contributed by atoms with E-state index in [-0.39, 0.29) is 6.10 Å². The Morgan fingerprint density at radius 2 is 2.24 bits per heavy atom. The number of aliphatic hydroxyl groups excluding tert-OH is 1. The molecule has 0 heterocycles. The summed E-state index contributed by atoms with van der Waals surface area (Å²) in [4.78, 5) is 0. The van der Waals surface area contributed by atoms with Gasteiger partial charge >= 0.3 is 0 Å². The van der Waals surface area contributed by atoms with E-state index in [0.717, 1.165) is 30.4 Å². The van der Waals surface area contributed by atoms with Gasteiger partial charge in [0.1, 0.15) is 0 Å². The van der Waals surface area contributed by atoms with Crippen LogP contribution in [-0.2, 0) is 6.54 Å². The molecule has 1 saturated carbocycles. The maximum absolute atomic E-state index is 9.72.